The summed E-state index contributed by atoms with van der Waals surface area (Å²) >= 11 is 5.68. The fourth-order valence-electron chi connectivity index (χ4n) is 2.55. The normalized spacial score (nSPS) is 25.6. The summed E-state index contributed by atoms with van der Waals surface area (Å²) in [6.45, 7) is 2.20. The summed E-state index contributed by atoms with van der Waals surface area (Å²) in [5.41, 5.74) is 0. The Balaban J connectivity index is 2.04. The van der Waals surface area contributed by atoms with E-state index in [9.17, 15) is 4.79 Å². The lowest BCUT2D eigenvalue weighted by Crippen LogP contribution is -2.22. The number of hydrogen-bond donors (Lipinski definition) is 0. The van der Waals surface area contributed by atoms with Crippen molar-refractivity contribution in [2.45, 2.75) is 39.0 Å². The maximum Gasteiger partial charge on any atom is 0.201 e. The average molecular weight is 241 g/mol. The first-order valence-electron chi connectivity index (χ1n) is 6.00. The highest BCUT2D eigenvalue weighted by Gasteiger charge is 2.28. The smallest absolute Gasteiger partial charge is 0.201 e. The summed E-state index contributed by atoms with van der Waals surface area (Å²) in [6.07, 6.45) is 5.59. The molecule has 0 amide bonds. The molecule has 1 aromatic rings. The van der Waals surface area contributed by atoms with Crippen LogP contribution in [0.15, 0.2) is 16.5 Å². The first-order valence-corrected chi connectivity index (χ1v) is 6.38. The number of ketones is 1. The Hall–Kier alpha value is -0.760. The molecule has 1 aromatic heterocycles. The second-order valence-corrected chi connectivity index (χ2v) is 4.98. The lowest BCUT2D eigenvalue weighted by Gasteiger charge is -2.26. The fraction of sp³-hybridized carbons (Fsp3) is 0.615. The summed E-state index contributed by atoms with van der Waals surface area (Å²) in [4.78, 5) is 12.1. The average Bonchev–Trinajstić information content (AvgIpc) is 2.75. The minimum atomic E-state index is 0.130. The Morgan fingerprint density at radius 2 is 2.31 bits per heavy atom. The van der Waals surface area contributed by atoms with Crippen molar-refractivity contribution >= 4 is 17.4 Å². The molecule has 0 saturated heterocycles. The van der Waals surface area contributed by atoms with Gasteiger partial charge in [-0.2, -0.15) is 0 Å². The number of halogens is 1. The molecular weight excluding hydrogens is 224 g/mol. The van der Waals surface area contributed by atoms with Crippen molar-refractivity contribution in [2.24, 2.45) is 11.8 Å². The quantitative estimate of drug-likeness (QED) is 0.736. The number of carbonyl (C=O) groups is 1. The third-order valence-corrected chi connectivity index (χ3v) is 3.75. The van der Waals surface area contributed by atoms with E-state index in [2.05, 4.69) is 6.92 Å². The summed E-state index contributed by atoms with van der Waals surface area (Å²) in [6, 6.07) is 3.31. The van der Waals surface area contributed by atoms with Crippen LogP contribution in [-0.4, -0.2) is 5.78 Å². The van der Waals surface area contributed by atoms with Gasteiger partial charge in [-0.3, -0.25) is 4.79 Å². The molecule has 0 bridgehead atoms. The zero-order chi connectivity index (χ0) is 11.5. The van der Waals surface area contributed by atoms with E-state index in [-0.39, 0.29) is 11.7 Å². The molecule has 0 radical (unpaired) electrons. The van der Waals surface area contributed by atoms with Crippen LogP contribution in [0.4, 0.5) is 0 Å². The third-order valence-electron chi connectivity index (χ3n) is 3.55. The van der Waals surface area contributed by atoms with Crippen LogP contribution in [0.2, 0.25) is 5.22 Å². The number of rotatable bonds is 3. The zero-order valence-corrected chi connectivity index (χ0v) is 10.3. The summed E-state index contributed by atoms with van der Waals surface area (Å²) in [7, 11) is 0. The Kier molecular flexibility index (Phi) is 3.70. The Bertz CT molecular complexity index is 370. The topological polar surface area (TPSA) is 30.2 Å². The lowest BCUT2D eigenvalue weighted by atomic mass is 9.78. The van der Waals surface area contributed by atoms with Gasteiger partial charge in [0.15, 0.2) is 11.0 Å². The monoisotopic (exact) mass is 240 g/mol. The maximum absolute atomic E-state index is 12.1. The van der Waals surface area contributed by atoms with Gasteiger partial charge in [0.25, 0.3) is 0 Å². The van der Waals surface area contributed by atoms with E-state index in [0.29, 0.717) is 16.9 Å². The summed E-state index contributed by atoms with van der Waals surface area (Å²) in [5, 5.41) is 0.297. The van der Waals surface area contributed by atoms with Crippen LogP contribution < -0.4 is 0 Å². The van der Waals surface area contributed by atoms with E-state index < -0.39 is 0 Å². The Morgan fingerprint density at radius 3 is 2.94 bits per heavy atom. The van der Waals surface area contributed by atoms with Gasteiger partial charge < -0.3 is 4.42 Å². The first-order chi connectivity index (χ1) is 7.70. The van der Waals surface area contributed by atoms with Crippen LogP contribution in [0.1, 0.15) is 49.6 Å². The molecule has 1 aliphatic carbocycles. The molecule has 0 aromatic carbocycles. The molecule has 16 heavy (non-hydrogen) atoms. The predicted octanol–water partition coefficient (Wildman–Crippen LogP) is 4.33. The van der Waals surface area contributed by atoms with E-state index in [4.69, 9.17) is 16.0 Å². The second kappa shape index (κ2) is 5.05. The molecule has 2 atom stereocenters. The number of Topliss-reactive ketones (excluding diaryl/α,β-unsaturated/α-hetero) is 1. The van der Waals surface area contributed by atoms with Crippen LogP contribution in [0.3, 0.4) is 0 Å². The number of carbonyl (C=O) groups excluding carboxylic acids is 1. The minimum absolute atomic E-state index is 0.130. The van der Waals surface area contributed by atoms with E-state index in [1.807, 2.05) is 0 Å². The van der Waals surface area contributed by atoms with Crippen LogP contribution in [0.25, 0.3) is 0 Å². The molecule has 1 aliphatic rings. The molecule has 0 spiro atoms. The van der Waals surface area contributed by atoms with E-state index >= 15 is 0 Å². The van der Waals surface area contributed by atoms with Crippen molar-refractivity contribution in [3.63, 3.8) is 0 Å². The highest BCUT2D eigenvalue weighted by molar-refractivity contribution is 6.29. The van der Waals surface area contributed by atoms with Crippen LogP contribution in [-0.2, 0) is 0 Å². The van der Waals surface area contributed by atoms with Gasteiger partial charge in [0.2, 0.25) is 5.78 Å². The molecule has 1 heterocycles. The molecular formula is C13H17ClO2. The Morgan fingerprint density at radius 1 is 1.50 bits per heavy atom. The van der Waals surface area contributed by atoms with Crippen molar-refractivity contribution in [2.75, 3.05) is 0 Å². The molecule has 2 unspecified atom stereocenters. The molecule has 3 heteroatoms. The first kappa shape index (κ1) is 11.7. The van der Waals surface area contributed by atoms with Crippen LogP contribution in [0, 0.1) is 11.8 Å². The maximum atomic E-state index is 12.1. The Labute approximate surface area is 101 Å². The molecule has 2 rings (SSSR count). The molecule has 1 saturated carbocycles. The molecule has 0 N–H and O–H groups in total. The highest BCUT2D eigenvalue weighted by atomic mass is 35.5. The molecule has 1 fully saturated rings. The van der Waals surface area contributed by atoms with Gasteiger partial charge in [0.1, 0.15) is 0 Å². The van der Waals surface area contributed by atoms with Crippen LogP contribution in [0.5, 0.6) is 0 Å². The molecule has 88 valence electrons. The van der Waals surface area contributed by atoms with Gasteiger partial charge in [-0.05, 0) is 42.5 Å². The van der Waals surface area contributed by atoms with Gasteiger partial charge >= 0.3 is 0 Å². The molecule has 2 nitrogen and oxygen atoms in total. The zero-order valence-electron chi connectivity index (χ0n) is 9.54. The third kappa shape index (κ3) is 2.49. The predicted molar refractivity (Wildman–Crippen MR) is 63.8 cm³/mol. The number of furan rings is 1. The van der Waals surface area contributed by atoms with Gasteiger partial charge in [-0.25, -0.2) is 0 Å². The van der Waals surface area contributed by atoms with E-state index in [0.717, 1.165) is 19.3 Å². The second-order valence-electron chi connectivity index (χ2n) is 4.61. The minimum Gasteiger partial charge on any atom is -0.442 e. The van der Waals surface area contributed by atoms with E-state index in [1.165, 1.54) is 12.8 Å². The SMILES string of the molecule is CCC1CCCC(C(=O)c2ccc(Cl)o2)C1. The van der Waals surface area contributed by atoms with Gasteiger partial charge in [0.05, 0.1) is 0 Å². The van der Waals surface area contributed by atoms with Gasteiger partial charge in [-0.1, -0.05) is 26.2 Å². The van der Waals surface area contributed by atoms with Crippen molar-refractivity contribution in [1.82, 2.24) is 0 Å². The fourth-order valence-corrected chi connectivity index (χ4v) is 2.69. The van der Waals surface area contributed by atoms with Gasteiger partial charge in [0, 0.05) is 5.92 Å². The number of hydrogen-bond acceptors (Lipinski definition) is 2. The van der Waals surface area contributed by atoms with E-state index in [1.54, 1.807) is 12.1 Å². The van der Waals surface area contributed by atoms with Crippen molar-refractivity contribution in [1.29, 1.82) is 0 Å². The van der Waals surface area contributed by atoms with Crippen LogP contribution >= 0.6 is 11.6 Å². The van der Waals surface area contributed by atoms with Gasteiger partial charge in [-0.15, -0.1) is 0 Å². The largest absolute Gasteiger partial charge is 0.442 e. The summed E-state index contributed by atoms with van der Waals surface area (Å²) < 4.78 is 5.18. The molecule has 0 aliphatic heterocycles. The highest BCUT2D eigenvalue weighted by Crippen LogP contribution is 2.33. The van der Waals surface area contributed by atoms with Crippen molar-refractivity contribution in [3.8, 4) is 0 Å². The van der Waals surface area contributed by atoms with Crippen molar-refractivity contribution in [3.05, 3.63) is 23.1 Å². The lowest BCUT2D eigenvalue weighted by molar-refractivity contribution is 0.0833. The standard InChI is InChI=1S/C13H17ClO2/c1-2-9-4-3-5-10(8-9)13(15)11-6-7-12(14)16-11/h6-7,9-10H,2-5,8H2,1H3. The van der Waals surface area contributed by atoms with Crippen molar-refractivity contribution < 1.29 is 9.21 Å². The summed E-state index contributed by atoms with van der Waals surface area (Å²) in [5.74, 6) is 1.39.